The van der Waals surface area contributed by atoms with Gasteiger partial charge in [0.05, 0.1) is 34.4 Å². The van der Waals surface area contributed by atoms with Crippen LogP contribution in [0.4, 0.5) is 18.9 Å². The minimum absolute atomic E-state index is 0.0606. The third-order valence-electron chi connectivity index (χ3n) is 5.78. The number of hydrogen-bond acceptors (Lipinski definition) is 6. The number of carbonyl (C=O) groups excluding carboxylic acids is 1. The lowest BCUT2D eigenvalue weighted by Gasteiger charge is -2.24. The molecule has 11 heteroatoms. The predicted octanol–water partition coefficient (Wildman–Crippen LogP) is 4.33. The molecule has 3 N–H and O–H groups in total. The van der Waals surface area contributed by atoms with E-state index in [2.05, 4.69) is 5.32 Å². The van der Waals surface area contributed by atoms with Crippen LogP contribution >= 0.6 is 0 Å². The topological polar surface area (TPSA) is 105 Å². The number of rotatable bonds is 7. The van der Waals surface area contributed by atoms with E-state index in [1.165, 1.54) is 0 Å². The van der Waals surface area contributed by atoms with E-state index >= 15 is 0 Å². The minimum atomic E-state index is -4.89. The summed E-state index contributed by atoms with van der Waals surface area (Å²) >= 11 is 0. The molecule has 0 bridgehead atoms. The molecule has 2 aromatic carbocycles. The van der Waals surface area contributed by atoms with Crippen molar-refractivity contribution in [2.75, 3.05) is 5.32 Å². The highest BCUT2D eigenvalue weighted by Gasteiger charge is 2.38. The maximum Gasteiger partial charge on any atom is 0.417 e. The molecule has 0 aromatic heterocycles. The van der Waals surface area contributed by atoms with Gasteiger partial charge < -0.3 is 15.2 Å². The van der Waals surface area contributed by atoms with Crippen molar-refractivity contribution >= 4 is 21.6 Å². The molecule has 3 rings (SSSR count). The van der Waals surface area contributed by atoms with Crippen LogP contribution in [0.2, 0.25) is 0 Å². The Labute approximate surface area is 202 Å². The fourth-order valence-corrected chi connectivity index (χ4v) is 5.34. The lowest BCUT2D eigenvalue weighted by molar-refractivity contribution is -0.140. The first-order valence-corrected chi connectivity index (χ1v) is 12.8. The smallest absolute Gasteiger partial charge is 0.417 e. The van der Waals surface area contributed by atoms with E-state index in [0.717, 1.165) is 18.2 Å². The highest BCUT2D eigenvalue weighted by atomic mass is 32.2. The number of benzene rings is 2. The summed E-state index contributed by atoms with van der Waals surface area (Å²) in [7, 11) is -4.74. The van der Waals surface area contributed by atoms with Crippen LogP contribution in [0.5, 0.6) is 5.75 Å². The van der Waals surface area contributed by atoms with Crippen molar-refractivity contribution in [1.29, 1.82) is 0 Å². The molecule has 0 heterocycles. The van der Waals surface area contributed by atoms with Gasteiger partial charge in [0, 0.05) is 5.92 Å². The summed E-state index contributed by atoms with van der Waals surface area (Å²) in [5, 5.41) is 13.9. The summed E-state index contributed by atoms with van der Waals surface area (Å²) < 4.78 is 72.6. The molecule has 2 aromatic rings. The van der Waals surface area contributed by atoms with Crippen LogP contribution in [0.1, 0.15) is 45.1 Å². The van der Waals surface area contributed by atoms with E-state index in [-0.39, 0.29) is 25.4 Å². The molecule has 1 fully saturated rings. The molecule has 7 nitrogen and oxygen atoms in total. The summed E-state index contributed by atoms with van der Waals surface area (Å²) in [4.78, 5) is 11.8. The Balaban J connectivity index is 1.70. The Kier molecular flexibility index (Phi) is 8.32. The first kappa shape index (κ1) is 26.8. The SMILES string of the molecule is CC(C)Oc1ccccc1N[C@H]1CC[C@@H](C(=O)NS(=O)(=O)c2ccccc2C(F)(F)F)CC[C@@H]1O. The van der Waals surface area contributed by atoms with E-state index in [1.54, 1.807) is 10.8 Å². The highest BCUT2D eigenvalue weighted by molar-refractivity contribution is 7.90. The number of carbonyl (C=O) groups is 1. The van der Waals surface area contributed by atoms with Crippen LogP contribution < -0.4 is 14.8 Å². The van der Waals surface area contributed by atoms with E-state index < -0.39 is 50.6 Å². The summed E-state index contributed by atoms with van der Waals surface area (Å²) in [5.41, 5.74) is -0.664. The molecule has 3 atom stereocenters. The average Bonchev–Trinajstić information content (AvgIpc) is 2.95. The number of amides is 1. The van der Waals surface area contributed by atoms with Gasteiger partial charge in [-0.25, -0.2) is 13.1 Å². The molecule has 1 aliphatic rings. The number of para-hydroxylation sites is 2. The van der Waals surface area contributed by atoms with Crippen molar-refractivity contribution in [2.24, 2.45) is 5.92 Å². The van der Waals surface area contributed by atoms with Crippen LogP contribution in [-0.4, -0.2) is 37.7 Å². The third-order valence-corrected chi connectivity index (χ3v) is 7.18. The first-order valence-electron chi connectivity index (χ1n) is 11.3. The lowest BCUT2D eigenvalue weighted by atomic mass is 10.00. The van der Waals surface area contributed by atoms with Crippen molar-refractivity contribution in [3.63, 3.8) is 0 Å². The fraction of sp³-hybridized carbons (Fsp3) is 0.458. The van der Waals surface area contributed by atoms with Gasteiger partial charge in [-0.15, -0.1) is 0 Å². The Morgan fingerprint density at radius 3 is 2.34 bits per heavy atom. The first-order chi connectivity index (χ1) is 16.4. The predicted molar refractivity (Wildman–Crippen MR) is 124 cm³/mol. The Hall–Kier alpha value is -2.79. The van der Waals surface area contributed by atoms with Crippen LogP contribution in [0.15, 0.2) is 53.4 Å². The average molecular weight is 515 g/mol. The Morgan fingerprint density at radius 1 is 1.03 bits per heavy atom. The molecule has 1 aliphatic carbocycles. The van der Waals surface area contributed by atoms with Crippen molar-refractivity contribution in [3.05, 3.63) is 54.1 Å². The Morgan fingerprint density at radius 2 is 1.66 bits per heavy atom. The summed E-state index contributed by atoms with van der Waals surface area (Å²) in [6.07, 6.45) is -4.79. The molecule has 0 radical (unpaired) electrons. The zero-order chi connectivity index (χ0) is 25.8. The second-order valence-corrected chi connectivity index (χ2v) is 10.4. The quantitative estimate of drug-likeness (QED) is 0.475. The van der Waals surface area contributed by atoms with E-state index in [9.17, 15) is 31.5 Å². The van der Waals surface area contributed by atoms with Gasteiger partial charge in [0.2, 0.25) is 5.91 Å². The number of aliphatic hydroxyl groups is 1. The second kappa shape index (κ2) is 10.9. The summed E-state index contributed by atoms with van der Waals surface area (Å²) in [6, 6.07) is 10.5. The van der Waals surface area contributed by atoms with Crippen molar-refractivity contribution in [2.45, 2.75) is 68.9 Å². The molecular formula is C24H29F3N2O5S. The van der Waals surface area contributed by atoms with Crippen molar-refractivity contribution in [3.8, 4) is 5.75 Å². The van der Waals surface area contributed by atoms with Gasteiger partial charge in [-0.1, -0.05) is 24.3 Å². The number of ether oxygens (including phenoxy) is 1. The normalized spacial score (nSPS) is 21.3. The summed E-state index contributed by atoms with van der Waals surface area (Å²) in [5.74, 6) is -1.06. The van der Waals surface area contributed by atoms with Gasteiger partial charge in [0.25, 0.3) is 10.0 Å². The highest BCUT2D eigenvalue weighted by Crippen LogP contribution is 2.34. The zero-order valence-corrected chi connectivity index (χ0v) is 20.2. The number of nitrogens with one attached hydrogen (secondary N) is 2. The summed E-state index contributed by atoms with van der Waals surface area (Å²) in [6.45, 7) is 3.78. The largest absolute Gasteiger partial charge is 0.489 e. The lowest BCUT2D eigenvalue weighted by Crippen LogP contribution is -2.36. The second-order valence-electron chi connectivity index (χ2n) is 8.80. The van der Waals surface area contributed by atoms with Gasteiger partial charge in [0.1, 0.15) is 5.75 Å². The zero-order valence-electron chi connectivity index (χ0n) is 19.4. The molecule has 1 amide bonds. The maximum atomic E-state index is 13.3. The molecule has 0 saturated heterocycles. The van der Waals surface area contributed by atoms with Crippen LogP contribution in [-0.2, 0) is 21.0 Å². The number of hydrogen-bond donors (Lipinski definition) is 3. The van der Waals surface area contributed by atoms with E-state index in [4.69, 9.17) is 4.74 Å². The molecule has 1 saturated carbocycles. The van der Waals surface area contributed by atoms with E-state index in [1.807, 2.05) is 32.0 Å². The number of sulfonamides is 1. The van der Waals surface area contributed by atoms with Crippen LogP contribution in [0.3, 0.4) is 0 Å². The minimum Gasteiger partial charge on any atom is -0.489 e. The van der Waals surface area contributed by atoms with Gasteiger partial charge in [-0.2, -0.15) is 13.2 Å². The monoisotopic (exact) mass is 514 g/mol. The Bertz CT molecular complexity index is 1140. The molecule has 0 spiro atoms. The number of aliphatic hydroxyl groups excluding tert-OH is 1. The molecule has 0 unspecified atom stereocenters. The third kappa shape index (κ3) is 6.88. The number of anilines is 1. The van der Waals surface area contributed by atoms with Gasteiger partial charge in [0.15, 0.2) is 0 Å². The van der Waals surface area contributed by atoms with Gasteiger partial charge in [-0.05, 0) is 63.8 Å². The van der Waals surface area contributed by atoms with Crippen LogP contribution in [0.25, 0.3) is 0 Å². The molecular weight excluding hydrogens is 485 g/mol. The molecule has 192 valence electrons. The maximum absolute atomic E-state index is 13.3. The van der Waals surface area contributed by atoms with Crippen LogP contribution in [0, 0.1) is 5.92 Å². The number of halogens is 3. The molecule has 35 heavy (non-hydrogen) atoms. The molecule has 0 aliphatic heterocycles. The van der Waals surface area contributed by atoms with Gasteiger partial charge in [-0.3, -0.25) is 4.79 Å². The van der Waals surface area contributed by atoms with Crippen molar-refractivity contribution in [1.82, 2.24) is 4.72 Å². The number of alkyl halides is 3. The van der Waals surface area contributed by atoms with E-state index in [0.29, 0.717) is 23.9 Å². The van der Waals surface area contributed by atoms with Gasteiger partial charge >= 0.3 is 6.18 Å². The van der Waals surface area contributed by atoms with Crippen molar-refractivity contribution < 1.29 is 36.2 Å². The fourth-order valence-electron chi connectivity index (χ4n) is 4.07. The standard InChI is InChI=1S/C24H29F3N2O5S/c1-15(2)34-21-9-5-4-8-19(21)28-18-13-11-16(12-14-20(18)30)23(31)29-35(32,33)22-10-6-3-7-17(22)24(25,26)27/h3-10,15-16,18,20,28,30H,11-14H2,1-2H3,(H,29,31)/t16-,18+,20+/m1/s1.